The third-order valence-electron chi connectivity index (χ3n) is 5.11. The molecule has 0 aliphatic rings. The molecule has 2 aromatic rings. The molecule has 0 radical (unpaired) electrons. The summed E-state index contributed by atoms with van der Waals surface area (Å²) in [4.78, 5) is 25.5. The number of hydrogen-bond donors (Lipinski definition) is 1. The fourth-order valence-electron chi connectivity index (χ4n) is 3.40. The van der Waals surface area contributed by atoms with Crippen LogP contribution in [0.5, 0.6) is 11.6 Å². The van der Waals surface area contributed by atoms with Crippen molar-refractivity contribution in [3.8, 4) is 17.7 Å². The van der Waals surface area contributed by atoms with Crippen LogP contribution in [0, 0.1) is 18.3 Å². The maximum absolute atomic E-state index is 13.1. The Kier molecular flexibility index (Phi) is 8.67. The molecule has 0 fully saturated rings. The van der Waals surface area contributed by atoms with Crippen LogP contribution in [0.4, 0.5) is 0 Å². The van der Waals surface area contributed by atoms with Crippen LogP contribution in [0.15, 0.2) is 29.1 Å². The van der Waals surface area contributed by atoms with Gasteiger partial charge in [0.25, 0.3) is 5.56 Å². The molecule has 0 amide bonds. The smallest absolute Gasteiger partial charge is 0.271 e. The van der Waals surface area contributed by atoms with Crippen LogP contribution < -0.4 is 10.3 Å². The molecule has 30 heavy (non-hydrogen) atoms. The number of nitrogens with zero attached hydrogens (tertiary/aromatic N) is 2. The number of carbonyl (C=O) groups is 1. The Morgan fingerprint density at radius 2 is 1.77 bits per heavy atom. The minimum atomic E-state index is -0.575. The Morgan fingerprint density at radius 3 is 2.37 bits per heavy atom. The van der Waals surface area contributed by atoms with E-state index in [1.165, 1.54) is 26.2 Å². The summed E-state index contributed by atoms with van der Waals surface area (Å²) >= 11 is 0. The van der Waals surface area contributed by atoms with Crippen LogP contribution in [-0.2, 0) is 6.54 Å². The number of rotatable bonds is 11. The van der Waals surface area contributed by atoms with Gasteiger partial charge in [-0.05, 0) is 49.6 Å². The van der Waals surface area contributed by atoms with Crippen LogP contribution in [-0.4, -0.2) is 22.1 Å². The zero-order chi connectivity index (χ0) is 22.1. The van der Waals surface area contributed by atoms with Gasteiger partial charge in [-0.15, -0.1) is 0 Å². The van der Waals surface area contributed by atoms with Crippen molar-refractivity contribution in [1.82, 2.24) is 4.57 Å². The summed E-state index contributed by atoms with van der Waals surface area (Å²) in [5.41, 5.74) is -0.149. The molecule has 6 heteroatoms. The van der Waals surface area contributed by atoms with E-state index in [1.54, 1.807) is 24.3 Å². The summed E-state index contributed by atoms with van der Waals surface area (Å²) in [5.74, 6) is -0.148. The maximum atomic E-state index is 13.1. The summed E-state index contributed by atoms with van der Waals surface area (Å²) in [6, 6.07) is 8.58. The Balaban J connectivity index is 2.22. The second kappa shape index (κ2) is 11.2. The molecule has 0 spiro atoms. The van der Waals surface area contributed by atoms with E-state index in [0.29, 0.717) is 24.3 Å². The zero-order valence-electron chi connectivity index (χ0n) is 18.0. The van der Waals surface area contributed by atoms with Gasteiger partial charge in [0.05, 0.1) is 12.2 Å². The van der Waals surface area contributed by atoms with Gasteiger partial charge in [0, 0.05) is 12.1 Å². The van der Waals surface area contributed by atoms with Crippen molar-refractivity contribution in [2.24, 2.45) is 0 Å². The summed E-state index contributed by atoms with van der Waals surface area (Å²) in [6.07, 6.45) is 6.36. The molecule has 1 N–H and O–H groups in total. The summed E-state index contributed by atoms with van der Waals surface area (Å²) in [7, 11) is 0. The first-order chi connectivity index (χ1) is 14.5. The molecule has 0 saturated heterocycles. The number of aromatic hydroxyl groups is 1. The Bertz CT molecular complexity index is 969. The Hall–Kier alpha value is -3.07. The lowest BCUT2D eigenvalue weighted by Crippen LogP contribution is -2.26. The number of pyridine rings is 1. The third-order valence-corrected chi connectivity index (χ3v) is 5.11. The van der Waals surface area contributed by atoms with Gasteiger partial charge >= 0.3 is 0 Å². The first-order valence-corrected chi connectivity index (χ1v) is 10.6. The van der Waals surface area contributed by atoms with Gasteiger partial charge < -0.3 is 9.84 Å². The average Bonchev–Trinajstić information content (AvgIpc) is 2.74. The largest absolute Gasteiger partial charge is 0.494 e. The van der Waals surface area contributed by atoms with E-state index in [-0.39, 0.29) is 23.2 Å². The average molecular weight is 411 g/mol. The van der Waals surface area contributed by atoms with E-state index < -0.39 is 17.2 Å². The quantitative estimate of drug-likeness (QED) is 0.427. The van der Waals surface area contributed by atoms with Crippen molar-refractivity contribution in [2.75, 3.05) is 6.61 Å². The number of benzene rings is 1. The van der Waals surface area contributed by atoms with Gasteiger partial charge in [-0.1, -0.05) is 39.5 Å². The molecule has 1 aromatic heterocycles. The second-order valence-electron chi connectivity index (χ2n) is 7.38. The molecule has 160 valence electrons. The van der Waals surface area contributed by atoms with E-state index in [1.807, 2.05) is 13.0 Å². The van der Waals surface area contributed by atoms with Crippen LogP contribution in [0.1, 0.15) is 79.4 Å². The van der Waals surface area contributed by atoms with Gasteiger partial charge in [-0.3, -0.25) is 14.2 Å². The van der Waals surface area contributed by atoms with Crippen LogP contribution >= 0.6 is 0 Å². The highest BCUT2D eigenvalue weighted by atomic mass is 16.5. The minimum Gasteiger partial charge on any atom is -0.494 e. The first-order valence-electron chi connectivity index (χ1n) is 10.6. The van der Waals surface area contributed by atoms with Gasteiger partial charge in [0.1, 0.15) is 17.4 Å². The van der Waals surface area contributed by atoms with Crippen molar-refractivity contribution >= 4 is 5.78 Å². The molecule has 0 aliphatic heterocycles. The number of ether oxygens (including phenoxy) is 1. The number of hydrogen-bond acceptors (Lipinski definition) is 5. The standard InChI is InChI=1S/C24H30N2O4/c1-4-6-7-8-9-15-30-19-12-10-18(11-13-19)22(27)21-17(3)20(16-25)23(28)26(14-5-2)24(21)29/h10-13,29H,4-9,14-15H2,1-3H3. The third kappa shape index (κ3) is 5.29. The van der Waals surface area contributed by atoms with Crippen LogP contribution in [0.2, 0.25) is 0 Å². The number of unbranched alkanes of at least 4 members (excludes halogenated alkanes) is 4. The lowest BCUT2D eigenvalue weighted by atomic mass is 9.97. The second-order valence-corrected chi connectivity index (χ2v) is 7.38. The van der Waals surface area contributed by atoms with Crippen LogP contribution in [0.25, 0.3) is 0 Å². The fraction of sp³-hybridized carbons (Fsp3) is 0.458. The van der Waals surface area contributed by atoms with Gasteiger partial charge in [0.15, 0.2) is 5.78 Å². The molecule has 0 bridgehead atoms. The molecule has 1 aromatic carbocycles. The van der Waals surface area contributed by atoms with E-state index in [0.717, 1.165) is 17.4 Å². The Morgan fingerprint density at radius 1 is 1.10 bits per heavy atom. The van der Waals surface area contributed by atoms with Crippen molar-refractivity contribution < 1.29 is 14.6 Å². The van der Waals surface area contributed by atoms with Gasteiger partial charge in [-0.2, -0.15) is 5.26 Å². The monoisotopic (exact) mass is 410 g/mol. The highest BCUT2D eigenvalue weighted by Gasteiger charge is 2.24. The number of carbonyl (C=O) groups excluding carboxylic acids is 1. The van der Waals surface area contributed by atoms with Crippen molar-refractivity contribution in [1.29, 1.82) is 5.26 Å². The predicted molar refractivity (Wildman–Crippen MR) is 116 cm³/mol. The highest BCUT2D eigenvalue weighted by Crippen LogP contribution is 2.26. The molecule has 1 heterocycles. The number of nitriles is 1. The van der Waals surface area contributed by atoms with Crippen molar-refractivity contribution in [3.05, 3.63) is 56.9 Å². The first kappa shape index (κ1) is 23.2. The molecule has 6 nitrogen and oxygen atoms in total. The molecule has 0 atom stereocenters. The minimum absolute atomic E-state index is 0.0100. The van der Waals surface area contributed by atoms with Gasteiger partial charge in [-0.25, -0.2) is 0 Å². The van der Waals surface area contributed by atoms with E-state index >= 15 is 0 Å². The molecule has 2 rings (SSSR count). The van der Waals surface area contributed by atoms with E-state index in [2.05, 4.69) is 6.92 Å². The summed E-state index contributed by atoms with van der Waals surface area (Å²) < 4.78 is 6.82. The SMILES string of the molecule is CCCCCCCOc1ccc(C(=O)c2c(C)c(C#N)c(=O)n(CCC)c2O)cc1. The predicted octanol–water partition coefficient (Wildman–Crippen LogP) is 4.72. The number of ketones is 1. The fourth-order valence-corrected chi connectivity index (χ4v) is 3.40. The highest BCUT2D eigenvalue weighted by molar-refractivity contribution is 6.11. The molecule has 0 aliphatic carbocycles. The van der Waals surface area contributed by atoms with Crippen LogP contribution in [0.3, 0.4) is 0 Å². The summed E-state index contributed by atoms with van der Waals surface area (Å²) in [6.45, 7) is 6.40. The molecule has 0 unspecified atom stereocenters. The lowest BCUT2D eigenvalue weighted by Gasteiger charge is -2.15. The normalized spacial score (nSPS) is 10.6. The summed E-state index contributed by atoms with van der Waals surface area (Å²) in [5, 5.41) is 20.0. The maximum Gasteiger partial charge on any atom is 0.271 e. The number of aromatic nitrogens is 1. The Labute approximate surface area is 177 Å². The zero-order valence-corrected chi connectivity index (χ0v) is 18.0. The van der Waals surface area contributed by atoms with E-state index in [9.17, 15) is 20.0 Å². The molecular formula is C24H30N2O4. The lowest BCUT2D eigenvalue weighted by molar-refractivity contribution is 0.103. The van der Waals surface area contributed by atoms with Crippen molar-refractivity contribution in [2.45, 2.75) is 65.8 Å². The topological polar surface area (TPSA) is 92.3 Å². The molecule has 0 saturated carbocycles. The molecular weight excluding hydrogens is 380 g/mol. The van der Waals surface area contributed by atoms with Gasteiger partial charge in [0.2, 0.25) is 5.88 Å². The van der Waals surface area contributed by atoms with E-state index in [4.69, 9.17) is 4.74 Å². The van der Waals surface area contributed by atoms with Crippen molar-refractivity contribution in [3.63, 3.8) is 0 Å².